The maximum atomic E-state index is 11.5. The molecule has 2 aromatic rings. The second-order valence-corrected chi connectivity index (χ2v) is 5.14. The third-order valence-corrected chi connectivity index (χ3v) is 3.61. The molecule has 1 atom stereocenters. The summed E-state index contributed by atoms with van der Waals surface area (Å²) in [6.45, 7) is 0.379. The van der Waals surface area contributed by atoms with Gasteiger partial charge in [-0.15, -0.1) is 0 Å². The first-order chi connectivity index (χ1) is 11.1. The van der Waals surface area contributed by atoms with Crippen LogP contribution in [0.1, 0.15) is 11.1 Å². The van der Waals surface area contributed by atoms with Crippen LogP contribution in [-0.4, -0.2) is 31.3 Å². The molecule has 2 N–H and O–H groups in total. The minimum absolute atomic E-state index is 0.379. The molecule has 0 aliphatic rings. The van der Waals surface area contributed by atoms with Crippen molar-refractivity contribution in [2.24, 2.45) is 0 Å². The molecule has 5 heteroatoms. The van der Waals surface area contributed by atoms with Gasteiger partial charge in [0, 0.05) is 12.1 Å². The van der Waals surface area contributed by atoms with E-state index in [1.54, 1.807) is 20.3 Å². The summed E-state index contributed by atoms with van der Waals surface area (Å²) < 4.78 is 10.5. The van der Waals surface area contributed by atoms with E-state index in [9.17, 15) is 9.90 Å². The van der Waals surface area contributed by atoms with Gasteiger partial charge in [-0.25, -0.2) is 0 Å². The van der Waals surface area contributed by atoms with Gasteiger partial charge in [0.1, 0.15) is 17.5 Å². The molecule has 0 fully saturated rings. The quantitative estimate of drug-likeness (QED) is 0.783. The Kier molecular flexibility index (Phi) is 6.00. The van der Waals surface area contributed by atoms with Crippen LogP contribution >= 0.6 is 0 Å². The van der Waals surface area contributed by atoms with E-state index >= 15 is 0 Å². The Bertz CT molecular complexity index is 643. The van der Waals surface area contributed by atoms with Crippen LogP contribution in [0.15, 0.2) is 48.5 Å². The lowest BCUT2D eigenvalue weighted by atomic mass is 10.1. The predicted molar refractivity (Wildman–Crippen MR) is 88.0 cm³/mol. The number of hydrogen-bond acceptors (Lipinski definition) is 4. The highest BCUT2D eigenvalue weighted by molar-refractivity contribution is 5.74. The monoisotopic (exact) mass is 315 g/mol. The van der Waals surface area contributed by atoms with Crippen molar-refractivity contribution in [2.75, 3.05) is 14.2 Å². The maximum absolute atomic E-state index is 11.5. The molecule has 0 aromatic heterocycles. The molecule has 5 nitrogen and oxygen atoms in total. The van der Waals surface area contributed by atoms with Crippen LogP contribution in [-0.2, 0) is 17.8 Å². The van der Waals surface area contributed by atoms with E-state index in [1.165, 1.54) is 0 Å². The second kappa shape index (κ2) is 8.19. The van der Waals surface area contributed by atoms with Crippen molar-refractivity contribution in [3.05, 3.63) is 59.7 Å². The first-order valence-electron chi connectivity index (χ1n) is 7.35. The molecule has 122 valence electrons. The highest BCUT2D eigenvalue weighted by Gasteiger charge is 2.18. The molecule has 0 aliphatic heterocycles. The Balaban J connectivity index is 2.08. The second-order valence-electron chi connectivity index (χ2n) is 5.14. The van der Waals surface area contributed by atoms with Gasteiger partial charge in [-0.2, -0.15) is 0 Å². The molecular formula is C18H21NO4. The van der Waals surface area contributed by atoms with E-state index in [-0.39, 0.29) is 0 Å². The standard InChI is InChI=1S/C18H21NO4/c1-22-15-8-9-17(23-2)14(11-15)12-19-16(18(20)21)10-13-6-4-3-5-7-13/h3-9,11,16,19H,10,12H2,1-2H3,(H,20,21)/t16-/m1/s1. The zero-order valence-corrected chi connectivity index (χ0v) is 13.3. The average molecular weight is 315 g/mol. The molecule has 2 rings (SSSR count). The van der Waals surface area contributed by atoms with Crippen molar-refractivity contribution in [1.82, 2.24) is 5.32 Å². The fourth-order valence-corrected chi connectivity index (χ4v) is 2.35. The Morgan fingerprint density at radius 1 is 1.13 bits per heavy atom. The molecule has 0 saturated carbocycles. The summed E-state index contributed by atoms with van der Waals surface area (Å²) in [7, 11) is 3.18. The fourth-order valence-electron chi connectivity index (χ4n) is 2.35. The average Bonchev–Trinajstić information content (AvgIpc) is 2.58. The summed E-state index contributed by atoms with van der Waals surface area (Å²) in [4.78, 5) is 11.5. The lowest BCUT2D eigenvalue weighted by Gasteiger charge is -2.16. The van der Waals surface area contributed by atoms with Gasteiger partial charge < -0.3 is 14.6 Å². The number of methoxy groups -OCH3 is 2. The molecule has 0 bridgehead atoms. The summed E-state index contributed by atoms with van der Waals surface area (Å²) in [5.74, 6) is 0.524. The van der Waals surface area contributed by atoms with E-state index in [1.807, 2.05) is 42.5 Å². The number of benzene rings is 2. The number of hydrogen-bond donors (Lipinski definition) is 2. The zero-order valence-electron chi connectivity index (χ0n) is 13.3. The molecule has 0 amide bonds. The van der Waals surface area contributed by atoms with Gasteiger partial charge in [0.25, 0.3) is 0 Å². The number of rotatable bonds is 8. The molecule has 0 heterocycles. The van der Waals surface area contributed by atoms with Gasteiger partial charge >= 0.3 is 5.97 Å². The van der Waals surface area contributed by atoms with Crippen LogP contribution in [0.3, 0.4) is 0 Å². The van der Waals surface area contributed by atoms with E-state index in [0.29, 0.717) is 24.5 Å². The summed E-state index contributed by atoms with van der Waals surface area (Å²) in [6, 6.07) is 14.3. The van der Waals surface area contributed by atoms with Crippen LogP contribution in [0.5, 0.6) is 11.5 Å². The van der Waals surface area contributed by atoms with Gasteiger partial charge in [-0.05, 0) is 30.2 Å². The highest BCUT2D eigenvalue weighted by atomic mass is 16.5. The minimum Gasteiger partial charge on any atom is -0.497 e. The molecule has 0 unspecified atom stereocenters. The molecule has 2 aromatic carbocycles. The van der Waals surface area contributed by atoms with Gasteiger partial charge in [-0.1, -0.05) is 30.3 Å². The molecule has 0 aliphatic carbocycles. The first kappa shape index (κ1) is 16.8. The smallest absolute Gasteiger partial charge is 0.321 e. The first-order valence-corrected chi connectivity index (χ1v) is 7.35. The fraction of sp³-hybridized carbons (Fsp3) is 0.278. The van der Waals surface area contributed by atoms with Crippen LogP contribution in [0.25, 0.3) is 0 Å². The van der Waals surface area contributed by atoms with E-state index in [0.717, 1.165) is 11.1 Å². The Morgan fingerprint density at radius 2 is 1.87 bits per heavy atom. The van der Waals surface area contributed by atoms with Crippen molar-refractivity contribution in [3.63, 3.8) is 0 Å². The molecule has 0 spiro atoms. The van der Waals surface area contributed by atoms with Crippen LogP contribution in [0.2, 0.25) is 0 Å². The van der Waals surface area contributed by atoms with E-state index in [2.05, 4.69) is 5.32 Å². The van der Waals surface area contributed by atoms with Crippen molar-refractivity contribution in [3.8, 4) is 11.5 Å². The van der Waals surface area contributed by atoms with Crippen LogP contribution < -0.4 is 14.8 Å². The Labute approximate surface area is 135 Å². The minimum atomic E-state index is -0.879. The summed E-state index contributed by atoms with van der Waals surface area (Å²) in [5, 5.41) is 12.5. The topological polar surface area (TPSA) is 67.8 Å². The SMILES string of the molecule is COc1ccc(OC)c(CN[C@H](Cc2ccccc2)C(=O)O)c1. The summed E-state index contributed by atoms with van der Waals surface area (Å²) in [5.41, 5.74) is 1.83. The molecular weight excluding hydrogens is 294 g/mol. The van der Waals surface area contributed by atoms with E-state index < -0.39 is 12.0 Å². The third-order valence-electron chi connectivity index (χ3n) is 3.61. The lowest BCUT2D eigenvalue weighted by Crippen LogP contribution is -2.38. The molecule has 0 saturated heterocycles. The number of nitrogens with one attached hydrogen (secondary N) is 1. The lowest BCUT2D eigenvalue weighted by molar-refractivity contribution is -0.139. The van der Waals surface area contributed by atoms with Crippen molar-refractivity contribution < 1.29 is 19.4 Å². The molecule has 23 heavy (non-hydrogen) atoms. The largest absolute Gasteiger partial charge is 0.497 e. The normalized spacial score (nSPS) is 11.7. The Morgan fingerprint density at radius 3 is 2.48 bits per heavy atom. The Hall–Kier alpha value is -2.53. The number of ether oxygens (including phenoxy) is 2. The third kappa shape index (κ3) is 4.72. The van der Waals surface area contributed by atoms with Gasteiger partial charge in [0.05, 0.1) is 14.2 Å². The highest BCUT2D eigenvalue weighted by Crippen LogP contribution is 2.24. The maximum Gasteiger partial charge on any atom is 0.321 e. The summed E-state index contributed by atoms with van der Waals surface area (Å²) >= 11 is 0. The number of aliphatic carboxylic acids is 1. The van der Waals surface area contributed by atoms with Gasteiger partial charge in [-0.3, -0.25) is 10.1 Å². The van der Waals surface area contributed by atoms with E-state index in [4.69, 9.17) is 9.47 Å². The van der Waals surface area contributed by atoms with Crippen molar-refractivity contribution >= 4 is 5.97 Å². The van der Waals surface area contributed by atoms with Crippen LogP contribution in [0.4, 0.5) is 0 Å². The van der Waals surface area contributed by atoms with Crippen molar-refractivity contribution in [1.29, 1.82) is 0 Å². The number of carboxylic acid groups (broad SMARTS) is 1. The molecule has 0 radical (unpaired) electrons. The number of carboxylic acids is 1. The predicted octanol–water partition coefficient (Wildman–Crippen LogP) is 2.49. The van der Waals surface area contributed by atoms with Crippen LogP contribution in [0, 0.1) is 0 Å². The van der Waals surface area contributed by atoms with Gasteiger partial charge in [0.15, 0.2) is 0 Å². The zero-order chi connectivity index (χ0) is 16.7. The number of carbonyl (C=O) groups is 1. The summed E-state index contributed by atoms with van der Waals surface area (Å²) in [6.07, 6.45) is 0.419. The van der Waals surface area contributed by atoms with Gasteiger partial charge in [0.2, 0.25) is 0 Å². The van der Waals surface area contributed by atoms with Crippen molar-refractivity contribution in [2.45, 2.75) is 19.0 Å².